The standard InChI is InChI=1S/C22H20ClN5OS/c23-16-2-4-20-18(8-16)15(12-30-20)10-27-5-6-28(21(29)11-27)9-14-1-3-17-19(7-14)25-13-26-22(17)24/h1-4,7-8,12-13H,5-6,9-11H2,(H2,24,25,26). The maximum absolute atomic E-state index is 12.8. The monoisotopic (exact) mass is 437 g/mol. The van der Waals surface area contributed by atoms with Gasteiger partial charge in [-0.2, -0.15) is 0 Å². The highest BCUT2D eigenvalue weighted by molar-refractivity contribution is 7.17. The lowest BCUT2D eigenvalue weighted by Crippen LogP contribution is -2.49. The van der Waals surface area contributed by atoms with E-state index in [1.165, 1.54) is 22.0 Å². The van der Waals surface area contributed by atoms with E-state index in [4.69, 9.17) is 17.3 Å². The second kappa shape index (κ2) is 7.83. The van der Waals surface area contributed by atoms with E-state index in [-0.39, 0.29) is 5.91 Å². The van der Waals surface area contributed by atoms with Crippen molar-refractivity contribution in [1.29, 1.82) is 0 Å². The summed E-state index contributed by atoms with van der Waals surface area (Å²) in [7, 11) is 0. The van der Waals surface area contributed by atoms with Crippen LogP contribution in [0.2, 0.25) is 5.02 Å². The van der Waals surface area contributed by atoms with Crippen molar-refractivity contribution in [1.82, 2.24) is 19.8 Å². The zero-order valence-corrected chi connectivity index (χ0v) is 17.8. The van der Waals surface area contributed by atoms with E-state index in [0.717, 1.165) is 34.6 Å². The molecule has 6 nitrogen and oxygen atoms in total. The van der Waals surface area contributed by atoms with Gasteiger partial charge in [-0.25, -0.2) is 9.97 Å². The van der Waals surface area contributed by atoms with Crippen LogP contribution in [0.25, 0.3) is 21.0 Å². The number of nitrogens with zero attached hydrogens (tertiary/aromatic N) is 4. The van der Waals surface area contributed by atoms with Crippen LogP contribution in [-0.2, 0) is 17.9 Å². The smallest absolute Gasteiger partial charge is 0.237 e. The number of rotatable bonds is 4. The Morgan fingerprint density at radius 3 is 2.83 bits per heavy atom. The van der Waals surface area contributed by atoms with E-state index in [1.54, 1.807) is 11.3 Å². The van der Waals surface area contributed by atoms with Crippen molar-refractivity contribution in [3.05, 3.63) is 64.3 Å². The second-order valence-electron chi connectivity index (χ2n) is 7.54. The molecule has 3 heterocycles. The number of aromatic nitrogens is 2. The van der Waals surface area contributed by atoms with Crippen molar-refractivity contribution in [2.24, 2.45) is 0 Å². The first-order valence-electron chi connectivity index (χ1n) is 9.72. The predicted molar refractivity (Wildman–Crippen MR) is 121 cm³/mol. The Morgan fingerprint density at radius 1 is 1.07 bits per heavy atom. The number of carbonyl (C=O) groups excluding carboxylic acids is 1. The van der Waals surface area contributed by atoms with Crippen molar-refractivity contribution in [2.45, 2.75) is 13.1 Å². The first-order valence-corrected chi connectivity index (χ1v) is 11.0. The molecule has 0 atom stereocenters. The van der Waals surface area contributed by atoms with Crippen molar-refractivity contribution in [3.63, 3.8) is 0 Å². The molecule has 8 heteroatoms. The van der Waals surface area contributed by atoms with E-state index in [0.29, 0.717) is 25.5 Å². The van der Waals surface area contributed by atoms with E-state index in [9.17, 15) is 4.79 Å². The molecule has 0 bridgehead atoms. The molecule has 152 valence electrons. The molecule has 1 aliphatic rings. The molecule has 1 aliphatic heterocycles. The summed E-state index contributed by atoms with van der Waals surface area (Å²) in [4.78, 5) is 25.2. The number of amides is 1. The number of nitrogen functional groups attached to an aromatic ring is 1. The maximum Gasteiger partial charge on any atom is 0.237 e. The molecular formula is C22H20ClN5OS. The third-order valence-electron chi connectivity index (χ3n) is 5.51. The van der Waals surface area contributed by atoms with Gasteiger partial charge in [0, 0.05) is 41.3 Å². The van der Waals surface area contributed by atoms with Gasteiger partial charge in [-0.05, 0) is 52.2 Å². The molecule has 2 aromatic heterocycles. The van der Waals surface area contributed by atoms with Gasteiger partial charge in [-0.3, -0.25) is 9.69 Å². The van der Waals surface area contributed by atoms with Gasteiger partial charge in [0.25, 0.3) is 0 Å². The van der Waals surface area contributed by atoms with Gasteiger partial charge in [-0.1, -0.05) is 17.7 Å². The van der Waals surface area contributed by atoms with Gasteiger partial charge in [0.15, 0.2) is 0 Å². The van der Waals surface area contributed by atoms with Crippen LogP contribution in [0.5, 0.6) is 0 Å². The third-order valence-corrected chi connectivity index (χ3v) is 6.76. The van der Waals surface area contributed by atoms with Gasteiger partial charge >= 0.3 is 0 Å². The quantitative estimate of drug-likeness (QED) is 0.523. The molecule has 2 aromatic carbocycles. The van der Waals surface area contributed by atoms with Gasteiger partial charge in [0.2, 0.25) is 5.91 Å². The molecular weight excluding hydrogens is 418 g/mol. The molecule has 1 saturated heterocycles. The molecule has 0 spiro atoms. The average molecular weight is 438 g/mol. The van der Waals surface area contributed by atoms with Crippen LogP contribution < -0.4 is 5.73 Å². The Bertz CT molecular complexity index is 1260. The molecule has 0 saturated carbocycles. The number of benzene rings is 2. The lowest BCUT2D eigenvalue weighted by Gasteiger charge is -2.34. The lowest BCUT2D eigenvalue weighted by molar-refractivity contribution is -0.136. The van der Waals surface area contributed by atoms with Gasteiger partial charge in [0.1, 0.15) is 12.1 Å². The number of thiophene rings is 1. The number of halogens is 1. The van der Waals surface area contributed by atoms with Gasteiger partial charge in [0.05, 0.1) is 12.1 Å². The average Bonchev–Trinajstić information content (AvgIpc) is 3.12. The van der Waals surface area contributed by atoms with E-state index < -0.39 is 0 Å². The van der Waals surface area contributed by atoms with Gasteiger partial charge in [-0.15, -0.1) is 11.3 Å². The second-order valence-corrected chi connectivity index (χ2v) is 8.89. The van der Waals surface area contributed by atoms with Crippen LogP contribution in [0, 0.1) is 0 Å². The summed E-state index contributed by atoms with van der Waals surface area (Å²) in [6.07, 6.45) is 1.46. The van der Waals surface area contributed by atoms with Crippen LogP contribution in [0.15, 0.2) is 48.1 Å². The summed E-state index contributed by atoms with van der Waals surface area (Å²) in [6, 6.07) is 11.9. The highest BCUT2D eigenvalue weighted by atomic mass is 35.5. The predicted octanol–water partition coefficient (Wildman–Crippen LogP) is 3.92. The Balaban J connectivity index is 1.26. The number of anilines is 1. The SMILES string of the molecule is Nc1ncnc2cc(CN3CCN(Cc4csc5ccc(Cl)cc45)CC3=O)ccc12. The zero-order chi connectivity index (χ0) is 20.7. The number of nitrogens with two attached hydrogens (primary N) is 1. The molecule has 1 amide bonds. The highest BCUT2D eigenvalue weighted by Crippen LogP contribution is 2.30. The van der Waals surface area contributed by atoms with Crippen LogP contribution in [0.3, 0.4) is 0 Å². The Labute approximate surface area is 182 Å². The highest BCUT2D eigenvalue weighted by Gasteiger charge is 2.24. The first kappa shape index (κ1) is 19.2. The Morgan fingerprint density at radius 2 is 1.97 bits per heavy atom. The first-order chi connectivity index (χ1) is 14.6. The minimum atomic E-state index is 0.140. The number of hydrogen-bond donors (Lipinski definition) is 1. The Hall–Kier alpha value is -2.74. The van der Waals surface area contributed by atoms with Crippen molar-refractivity contribution in [2.75, 3.05) is 25.4 Å². The van der Waals surface area contributed by atoms with Crippen LogP contribution in [0.1, 0.15) is 11.1 Å². The number of hydrogen-bond acceptors (Lipinski definition) is 6. The summed E-state index contributed by atoms with van der Waals surface area (Å²) < 4.78 is 1.22. The normalized spacial score (nSPS) is 15.4. The topological polar surface area (TPSA) is 75.3 Å². The molecule has 2 N–H and O–H groups in total. The van der Waals surface area contributed by atoms with Crippen LogP contribution in [-0.4, -0.2) is 45.3 Å². The fourth-order valence-corrected chi connectivity index (χ4v) is 5.03. The molecule has 5 rings (SSSR count). The number of carbonyl (C=O) groups is 1. The van der Waals surface area contributed by atoms with Crippen LogP contribution >= 0.6 is 22.9 Å². The number of fused-ring (bicyclic) bond motifs is 2. The lowest BCUT2D eigenvalue weighted by atomic mass is 10.1. The summed E-state index contributed by atoms with van der Waals surface area (Å²) in [5.41, 5.74) is 8.97. The van der Waals surface area contributed by atoms with E-state index in [1.807, 2.05) is 35.2 Å². The molecule has 1 fully saturated rings. The minimum Gasteiger partial charge on any atom is -0.383 e. The largest absolute Gasteiger partial charge is 0.383 e. The number of piperazine rings is 1. The summed E-state index contributed by atoms with van der Waals surface area (Å²) in [6.45, 7) is 3.29. The fraction of sp³-hybridized carbons (Fsp3) is 0.227. The van der Waals surface area contributed by atoms with Crippen molar-refractivity contribution >= 4 is 55.7 Å². The van der Waals surface area contributed by atoms with Crippen LogP contribution in [0.4, 0.5) is 5.82 Å². The fourth-order valence-electron chi connectivity index (χ4n) is 3.92. The maximum atomic E-state index is 12.8. The molecule has 4 aromatic rings. The summed E-state index contributed by atoms with van der Waals surface area (Å²) in [5.74, 6) is 0.611. The molecule has 0 unspecified atom stereocenters. The van der Waals surface area contributed by atoms with Gasteiger partial charge < -0.3 is 10.6 Å². The van der Waals surface area contributed by atoms with E-state index >= 15 is 0 Å². The molecule has 0 aliphatic carbocycles. The van der Waals surface area contributed by atoms with E-state index in [2.05, 4.69) is 26.3 Å². The zero-order valence-electron chi connectivity index (χ0n) is 16.2. The minimum absolute atomic E-state index is 0.140. The van der Waals surface area contributed by atoms with Crippen molar-refractivity contribution < 1.29 is 4.79 Å². The molecule has 0 radical (unpaired) electrons. The summed E-state index contributed by atoms with van der Waals surface area (Å²) in [5, 5.41) is 4.92. The Kier molecular flexibility index (Phi) is 5.02. The van der Waals surface area contributed by atoms with Crippen molar-refractivity contribution in [3.8, 4) is 0 Å². The summed E-state index contributed by atoms with van der Waals surface area (Å²) >= 11 is 7.89. The third kappa shape index (κ3) is 3.71. The molecule has 30 heavy (non-hydrogen) atoms.